The molecule has 0 saturated carbocycles. The highest BCUT2D eigenvalue weighted by molar-refractivity contribution is 5.87. The van der Waals surface area contributed by atoms with E-state index in [4.69, 9.17) is 4.99 Å². The molecule has 1 heteroatoms. The monoisotopic (exact) mass is 369 g/mol. The molecule has 0 bridgehead atoms. The van der Waals surface area contributed by atoms with Crippen LogP contribution in [0.2, 0.25) is 0 Å². The maximum atomic E-state index is 4.78. The van der Waals surface area contributed by atoms with Crippen LogP contribution in [-0.2, 0) is 0 Å². The van der Waals surface area contributed by atoms with Crippen LogP contribution in [0.15, 0.2) is 71.7 Å². The van der Waals surface area contributed by atoms with Gasteiger partial charge in [-0.15, -0.1) is 0 Å². The van der Waals surface area contributed by atoms with Crippen molar-refractivity contribution in [1.29, 1.82) is 0 Å². The van der Waals surface area contributed by atoms with Gasteiger partial charge in [-0.3, -0.25) is 4.99 Å². The Labute approximate surface area is 170 Å². The van der Waals surface area contributed by atoms with E-state index in [1.165, 1.54) is 39.1 Å². The lowest BCUT2D eigenvalue weighted by Gasteiger charge is -2.10. The normalized spacial score (nSPS) is 12.1. The van der Waals surface area contributed by atoms with E-state index < -0.39 is 0 Å². The van der Waals surface area contributed by atoms with Crippen molar-refractivity contribution in [2.45, 2.75) is 47.5 Å². The molecule has 0 aliphatic heterocycles. The zero-order valence-corrected chi connectivity index (χ0v) is 18.0. The maximum absolute atomic E-state index is 4.78. The Bertz CT molecular complexity index is 958. The summed E-state index contributed by atoms with van der Waals surface area (Å²) in [6, 6.07) is 24.3. The Kier molecular flexibility index (Phi) is 6.14. The van der Waals surface area contributed by atoms with E-state index >= 15 is 0 Å². The lowest BCUT2D eigenvalue weighted by Crippen LogP contribution is -2.00. The predicted octanol–water partition coefficient (Wildman–Crippen LogP) is 8.20. The third-order valence-electron chi connectivity index (χ3n) is 5.46. The number of nitrogens with zero attached hydrogens (tertiary/aromatic N) is 1. The van der Waals surface area contributed by atoms with Crippen molar-refractivity contribution in [3.05, 3.63) is 77.9 Å². The largest absolute Gasteiger partial charge is 0.258 e. The molecule has 144 valence electrons. The van der Waals surface area contributed by atoms with E-state index in [-0.39, 0.29) is 0 Å². The van der Waals surface area contributed by atoms with Crippen LogP contribution in [0, 0.1) is 12.8 Å². The zero-order valence-electron chi connectivity index (χ0n) is 18.0. The van der Waals surface area contributed by atoms with Crippen molar-refractivity contribution in [1.82, 2.24) is 0 Å². The van der Waals surface area contributed by atoms with E-state index in [9.17, 15) is 0 Å². The summed E-state index contributed by atoms with van der Waals surface area (Å²) in [4.78, 5) is 4.78. The first-order valence-electron chi connectivity index (χ1n) is 10.2. The Balaban J connectivity index is 1.83. The number of hydrogen-bond donors (Lipinski definition) is 0. The molecule has 0 aliphatic carbocycles. The average Bonchev–Trinajstić information content (AvgIpc) is 2.69. The molecule has 28 heavy (non-hydrogen) atoms. The second-order valence-electron chi connectivity index (χ2n) is 8.26. The summed E-state index contributed by atoms with van der Waals surface area (Å²) in [5, 5.41) is 0. The first-order chi connectivity index (χ1) is 13.3. The fraction of sp³-hybridized carbons (Fsp3) is 0.296. The summed E-state index contributed by atoms with van der Waals surface area (Å²) in [6.45, 7) is 13.1. The van der Waals surface area contributed by atoms with Crippen molar-refractivity contribution >= 4 is 11.4 Å². The van der Waals surface area contributed by atoms with Gasteiger partial charge in [0, 0.05) is 5.71 Å². The number of aliphatic imine (C=N–C) groups is 1. The minimum Gasteiger partial charge on any atom is -0.258 e. The molecule has 0 radical (unpaired) electrons. The van der Waals surface area contributed by atoms with Crippen molar-refractivity contribution in [3.63, 3.8) is 0 Å². The van der Waals surface area contributed by atoms with Crippen molar-refractivity contribution in [2.75, 3.05) is 0 Å². The van der Waals surface area contributed by atoms with Crippen molar-refractivity contribution in [3.8, 4) is 22.3 Å². The van der Waals surface area contributed by atoms with E-state index in [0.29, 0.717) is 11.8 Å². The van der Waals surface area contributed by atoms with E-state index in [0.717, 1.165) is 5.69 Å². The van der Waals surface area contributed by atoms with Gasteiger partial charge in [0.25, 0.3) is 0 Å². The van der Waals surface area contributed by atoms with Gasteiger partial charge in [0.2, 0.25) is 0 Å². The van der Waals surface area contributed by atoms with Gasteiger partial charge >= 0.3 is 0 Å². The molecule has 3 aromatic rings. The van der Waals surface area contributed by atoms with Crippen LogP contribution >= 0.6 is 0 Å². The molecule has 3 aromatic carbocycles. The third kappa shape index (κ3) is 4.59. The number of aryl methyl sites for hydroxylation is 1. The minimum absolute atomic E-state index is 0.473. The first-order valence-corrected chi connectivity index (χ1v) is 10.2. The minimum atomic E-state index is 0.473. The molecule has 3 rings (SSSR count). The Morgan fingerprint density at radius 1 is 0.679 bits per heavy atom. The number of hydrogen-bond acceptors (Lipinski definition) is 1. The molecule has 0 saturated heterocycles. The summed E-state index contributed by atoms with van der Waals surface area (Å²) >= 11 is 0. The Morgan fingerprint density at radius 2 is 1.14 bits per heavy atom. The SMILES string of the molecule is C/C(=N\c1ccc(-c2ccc(-c3ccc(C(C)C)cc3)cc2)cc1C)C(C)C. The summed E-state index contributed by atoms with van der Waals surface area (Å²) in [5.41, 5.74) is 9.82. The van der Waals surface area contributed by atoms with Gasteiger partial charge in [-0.1, -0.05) is 82.3 Å². The van der Waals surface area contributed by atoms with E-state index in [1.807, 2.05) is 0 Å². The number of benzene rings is 3. The second-order valence-corrected chi connectivity index (χ2v) is 8.26. The van der Waals surface area contributed by atoms with Crippen LogP contribution in [0.25, 0.3) is 22.3 Å². The fourth-order valence-corrected chi connectivity index (χ4v) is 3.20. The van der Waals surface area contributed by atoms with Crippen LogP contribution in [0.1, 0.15) is 51.7 Å². The summed E-state index contributed by atoms with van der Waals surface area (Å²) in [6.07, 6.45) is 0. The molecule has 0 aliphatic rings. The van der Waals surface area contributed by atoms with E-state index in [2.05, 4.69) is 108 Å². The summed E-state index contributed by atoms with van der Waals surface area (Å²) in [5.74, 6) is 1.04. The highest BCUT2D eigenvalue weighted by Gasteiger charge is 2.06. The Morgan fingerprint density at radius 3 is 1.61 bits per heavy atom. The predicted molar refractivity (Wildman–Crippen MR) is 124 cm³/mol. The molecular weight excluding hydrogens is 338 g/mol. The third-order valence-corrected chi connectivity index (χ3v) is 5.46. The van der Waals surface area contributed by atoms with Gasteiger partial charge in [-0.05, 0) is 71.2 Å². The van der Waals surface area contributed by atoms with Gasteiger partial charge in [-0.25, -0.2) is 0 Å². The quantitative estimate of drug-likeness (QED) is 0.402. The van der Waals surface area contributed by atoms with Gasteiger partial charge in [0.1, 0.15) is 0 Å². The standard InChI is InChI=1S/C27H31N/c1-18(2)21(6)28-27-16-15-26(17-20(27)5)25-13-11-24(12-14-25)23-9-7-22(8-10-23)19(3)4/h7-19H,1-6H3/b28-21+. The van der Waals surface area contributed by atoms with Crippen LogP contribution in [0.5, 0.6) is 0 Å². The van der Waals surface area contributed by atoms with Crippen molar-refractivity contribution < 1.29 is 0 Å². The molecule has 0 heterocycles. The van der Waals surface area contributed by atoms with Crippen LogP contribution < -0.4 is 0 Å². The topological polar surface area (TPSA) is 12.4 Å². The molecule has 0 spiro atoms. The van der Waals surface area contributed by atoms with Crippen LogP contribution in [0.3, 0.4) is 0 Å². The molecular formula is C27H31N. The molecule has 0 amide bonds. The molecule has 0 unspecified atom stereocenters. The van der Waals surface area contributed by atoms with Crippen LogP contribution in [-0.4, -0.2) is 5.71 Å². The summed E-state index contributed by atoms with van der Waals surface area (Å²) < 4.78 is 0. The lowest BCUT2D eigenvalue weighted by atomic mass is 9.96. The van der Waals surface area contributed by atoms with Gasteiger partial charge in [-0.2, -0.15) is 0 Å². The molecule has 0 atom stereocenters. The molecule has 0 fully saturated rings. The second kappa shape index (κ2) is 8.56. The summed E-state index contributed by atoms with van der Waals surface area (Å²) in [7, 11) is 0. The lowest BCUT2D eigenvalue weighted by molar-refractivity contribution is 0.867. The van der Waals surface area contributed by atoms with Crippen LogP contribution in [0.4, 0.5) is 5.69 Å². The smallest absolute Gasteiger partial charge is 0.0658 e. The molecule has 0 N–H and O–H groups in total. The van der Waals surface area contributed by atoms with Gasteiger partial charge in [0.05, 0.1) is 5.69 Å². The molecule has 0 aromatic heterocycles. The average molecular weight is 370 g/mol. The maximum Gasteiger partial charge on any atom is 0.0658 e. The number of rotatable bonds is 5. The highest BCUT2D eigenvalue weighted by atomic mass is 14.7. The highest BCUT2D eigenvalue weighted by Crippen LogP contribution is 2.29. The first kappa shape index (κ1) is 20.1. The van der Waals surface area contributed by atoms with Gasteiger partial charge < -0.3 is 0 Å². The van der Waals surface area contributed by atoms with Gasteiger partial charge in [0.15, 0.2) is 0 Å². The zero-order chi connectivity index (χ0) is 20.3. The Hall–Kier alpha value is -2.67. The molecule has 1 nitrogen and oxygen atoms in total. The van der Waals surface area contributed by atoms with E-state index in [1.54, 1.807) is 0 Å². The van der Waals surface area contributed by atoms with Crippen molar-refractivity contribution in [2.24, 2.45) is 10.9 Å². The fourth-order valence-electron chi connectivity index (χ4n) is 3.20.